The van der Waals surface area contributed by atoms with Crippen LogP contribution in [0, 0.1) is 0 Å². The third kappa shape index (κ3) is 5.71. The zero-order chi connectivity index (χ0) is 16.9. The molecule has 1 amide bonds. The van der Waals surface area contributed by atoms with Gasteiger partial charge in [0, 0.05) is 45.7 Å². The van der Waals surface area contributed by atoms with Gasteiger partial charge in [-0.3, -0.25) is 4.79 Å². The molecule has 3 rings (SSSR count). The Morgan fingerprint density at radius 2 is 1.96 bits per heavy atom. The van der Waals surface area contributed by atoms with Crippen LogP contribution in [0.2, 0.25) is 10.0 Å². The second kappa shape index (κ2) is 9.95. The smallest absolute Gasteiger partial charge is 0.224 e. The van der Waals surface area contributed by atoms with Crippen LogP contribution in [-0.4, -0.2) is 68.1 Å². The number of morpholine rings is 1. The number of ether oxygens (including phenoxy) is 1. The molecule has 0 aromatic heterocycles. The minimum atomic E-state index is -0.142. The third-order valence-corrected chi connectivity index (χ3v) is 5.33. The molecule has 1 aromatic carbocycles. The number of carbonyl (C=O) groups excluding carboxylic acids is 1. The van der Waals surface area contributed by atoms with Gasteiger partial charge in [-0.1, -0.05) is 29.3 Å². The molecule has 2 fully saturated rings. The van der Waals surface area contributed by atoms with E-state index in [0.717, 1.165) is 38.3 Å². The van der Waals surface area contributed by atoms with Crippen LogP contribution >= 0.6 is 35.6 Å². The number of benzene rings is 1. The maximum absolute atomic E-state index is 12.5. The van der Waals surface area contributed by atoms with Crippen molar-refractivity contribution in [2.75, 3.05) is 52.4 Å². The first-order valence-corrected chi connectivity index (χ1v) is 9.16. The van der Waals surface area contributed by atoms with Gasteiger partial charge < -0.3 is 19.9 Å². The van der Waals surface area contributed by atoms with Gasteiger partial charge in [-0.2, -0.15) is 0 Å². The summed E-state index contributed by atoms with van der Waals surface area (Å²) in [6.45, 7) is 6.64. The molecule has 2 aliphatic heterocycles. The lowest BCUT2D eigenvalue weighted by Gasteiger charge is -2.34. The standard InChI is InChI=1S/C17H23Cl2N3O2.ClH/c18-14-2-1-13(11-15(14)19)16-12-22(9-10-24-16)17(23)3-6-21-7-4-20-5-8-21;/h1-2,11,16,20H,3-10,12H2;1H. The summed E-state index contributed by atoms with van der Waals surface area (Å²) in [5.41, 5.74) is 0.962. The predicted octanol–water partition coefficient (Wildman–Crippen LogP) is 2.61. The van der Waals surface area contributed by atoms with Crippen LogP contribution in [0.1, 0.15) is 18.1 Å². The molecule has 140 valence electrons. The number of hydrogen-bond donors (Lipinski definition) is 1. The number of piperazine rings is 1. The van der Waals surface area contributed by atoms with E-state index in [1.807, 2.05) is 17.0 Å². The minimum absolute atomic E-state index is 0. The van der Waals surface area contributed by atoms with Gasteiger partial charge in [-0.05, 0) is 17.7 Å². The molecular weight excluding hydrogens is 385 g/mol. The van der Waals surface area contributed by atoms with Crippen LogP contribution < -0.4 is 5.32 Å². The highest BCUT2D eigenvalue weighted by Gasteiger charge is 2.26. The summed E-state index contributed by atoms with van der Waals surface area (Å²) in [6.07, 6.45) is 0.422. The fourth-order valence-corrected chi connectivity index (χ4v) is 3.44. The molecule has 1 unspecified atom stereocenters. The van der Waals surface area contributed by atoms with Crippen molar-refractivity contribution in [3.63, 3.8) is 0 Å². The number of nitrogens with zero attached hydrogens (tertiary/aromatic N) is 2. The molecule has 2 heterocycles. The average Bonchev–Trinajstić information content (AvgIpc) is 2.63. The molecule has 0 spiro atoms. The van der Waals surface area contributed by atoms with Crippen LogP contribution in [0.5, 0.6) is 0 Å². The first-order valence-electron chi connectivity index (χ1n) is 8.41. The number of halogens is 3. The Balaban J connectivity index is 0.00000225. The molecule has 5 nitrogen and oxygen atoms in total. The third-order valence-electron chi connectivity index (χ3n) is 4.59. The second-order valence-corrected chi connectivity index (χ2v) is 7.03. The highest BCUT2D eigenvalue weighted by molar-refractivity contribution is 6.42. The van der Waals surface area contributed by atoms with E-state index in [-0.39, 0.29) is 24.4 Å². The maximum Gasteiger partial charge on any atom is 0.224 e. The number of hydrogen-bond acceptors (Lipinski definition) is 4. The van der Waals surface area contributed by atoms with Crippen molar-refractivity contribution in [1.29, 1.82) is 0 Å². The molecule has 25 heavy (non-hydrogen) atoms. The summed E-state index contributed by atoms with van der Waals surface area (Å²) in [7, 11) is 0. The van der Waals surface area contributed by atoms with Crippen LogP contribution in [0.4, 0.5) is 0 Å². The van der Waals surface area contributed by atoms with Crippen LogP contribution in [-0.2, 0) is 9.53 Å². The van der Waals surface area contributed by atoms with E-state index in [2.05, 4.69) is 10.2 Å². The first kappa shape index (κ1) is 20.7. The van der Waals surface area contributed by atoms with Crippen molar-refractivity contribution in [3.05, 3.63) is 33.8 Å². The lowest BCUT2D eigenvalue weighted by molar-refractivity contribution is -0.139. The van der Waals surface area contributed by atoms with Gasteiger partial charge in [0.15, 0.2) is 0 Å². The number of rotatable bonds is 4. The highest BCUT2D eigenvalue weighted by atomic mass is 35.5. The molecular formula is C17H24Cl3N3O2. The van der Waals surface area contributed by atoms with Crippen molar-refractivity contribution < 1.29 is 9.53 Å². The Morgan fingerprint density at radius 3 is 2.68 bits per heavy atom. The van der Waals surface area contributed by atoms with Gasteiger partial charge in [-0.25, -0.2) is 0 Å². The van der Waals surface area contributed by atoms with Gasteiger partial charge in [0.05, 0.1) is 23.2 Å². The number of amides is 1. The molecule has 1 atom stereocenters. The van der Waals surface area contributed by atoms with E-state index < -0.39 is 0 Å². The zero-order valence-electron chi connectivity index (χ0n) is 14.0. The fraction of sp³-hybridized carbons (Fsp3) is 0.588. The van der Waals surface area contributed by atoms with Gasteiger partial charge in [0.1, 0.15) is 6.10 Å². The summed E-state index contributed by atoms with van der Waals surface area (Å²) >= 11 is 12.1. The lowest BCUT2D eigenvalue weighted by atomic mass is 10.1. The quantitative estimate of drug-likeness (QED) is 0.832. The lowest BCUT2D eigenvalue weighted by Crippen LogP contribution is -2.46. The Morgan fingerprint density at radius 1 is 1.20 bits per heavy atom. The molecule has 0 radical (unpaired) electrons. The van der Waals surface area contributed by atoms with Crippen molar-refractivity contribution in [2.45, 2.75) is 12.5 Å². The number of carbonyl (C=O) groups is 1. The van der Waals surface area contributed by atoms with Crippen LogP contribution in [0.25, 0.3) is 0 Å². The molecule has 0 saturated carbocycles. The molecule has 1 aromatic rings. The maximum atomic E-state index is 12.5. The summed E-state index contributed by atoms with van der Waals surface area (Å²) in [5.74, 6) is 0.196. The molecule has 8 heteroatoms. The normalized spacial score (nSPS) is 21.7. The first-order chi connectivity index (χ1) is 11.6. The highest BCUT2D eigenvalue weighted by Crippen LogP contribution is 2.29. The van der Waals surface area contributed by atoms with Crippen molar-refractivity contribution in [2.24, 2.45) is 0 Å². The van der Waals surface area contributed by atoms with E-state index >= 15 is 0 Å². The molecule has 2 saturated heterocycles. The molecule has 0 aliphatic carbocycles. The van der Waals surface area contributed by atoms with Gasteiger partial charge in [-0.15, -0.1) is 12.4 Å². The topological polar surface area (TPSA) is 44.8 Å². The Bertz CT molecular complexity index is 582. The van der Waals surface area contributed by atoms with E-state index in [9.17, 15) is 4.79 Å². The Kier molecular flexibility index (Phi) is 8.26. The van der Waals surface area contributed by atoms with Crippen molar-refractivity contribution in [1.82, 2.24) is 15.1 Å². The van der Waals surface area contributed by atoms with E-state index in [1.54, 1.807) is 6.07 Å². The second-order valence-electron chi connectivity index (χ2n) is 6.21. The summed E-state index contributed by atoms with van der Waals surface area (Å²) in [6, 6.07) is 5.50. The monoisotopic (exact) mass is 407 g/mol. The SMILES string of the molecule is Cl.O=C(CCN1CCNCC1)N1CCOC(c2ccc(Cl)c(Cl)c2)C1. The summed E-state index contributed by atoms with van der Waals surface area (Å²) < 4.78 is 5.82. The fourth-order valence-electron chi connectivity index (χ4n) is 3.14. The average molecular weight is 409 g/mol. The summed E-state index contributed by atoms with van der Waals surface area (Å²) in [4.78, 5) is 16.8. The van der Waals surface area contributed by atoms with E-state index in [1.165, 1.54) is 0 Å². The molecule has 2 aliphatic rings. The van der Waals surface area contributed by atoms with Crippen LogP contribution in [0.15, 0.2) is 18.2 Å². The Labute approximate surface area is 165 Å². The number of nitrogens with one attached hydrogen (secondary N) is 1. The minimum Gasteiger partial charge on any atom is -0.370 e. The summed E-state index contributed by atoms with van der Waals surface area (Å²) in [5, 5.41) is 4.37. The van der Waals surface area contributed by atoms with Gasteiger partial charge in [0.25, 0.3) is 0 Å². The van der Waals surface area contributed by atoms with E-state index in [4.69, 9.17) is 27.9 Å². The van der Waals surface area contributed by atoms with Crippen LogP contribution in [0.3, 0.4) is 0 Å². The van der Waals surface area contributed by atoms with Crippen molar-refractivity contribution >= 4 is 41.5 Å². The molecule has 0 bridgehead atoms. The van der Waals surface area contributed by atoms with Gasteiger partial charge in [0.2, 0.25) is 5.91 Å². The largest absolute Gasteiger partial charge is 0.370 e. The predicted molar refractivity (Wildman–Crippen MR) is 103 cm³/mol. The van der Waals surface area contributed by atoms with E-state index in [0.29, 0.717) is 36.2 Å². The molecule has 1 N–H and O–H groups in total. The Hall–Kier alpha value is -0.560. The van der Waals surface area contributed by atoms with Gasteiger partial charge >= 0.3 is 0 Å². The van der Waals surface area contributed by atoms with Crippen molar-refractivity contribution in [3.8, 4) is 0 Å². The zero-order valence-corrected chi connectivity index (χ0v) is 16.4.